The number of piperidine rings is 1. The standard InChI is InChI=1S/C15H18N4O2S/c20-15(18-11-13-3-1-10-22-13)19-8-4-12(5-9-19)21-14-16-6-2-7-17-14/h1-3,6-7,10,12H,4-5,8-9,11H2,(H,18,20). The summed E-state index contributed by atoms with van der Waals surface area (Å²) in [6.45, 7) is 1.96. The predicted molar refractivity (Wildman–Crippen MR) is 83.8 cm³/mol. The highest BCUT2D eigenvalue weighted by atomic mass is 32.1. The molecule has 2 aromatic heterocycles. The number of amides is 2. The summed E-state index contributed by atoms with van der Waals surface area (Å²) in [5.41, 5.74) is 0. The lowest BCUT2D eigenvalue weighted by atomic mass is 10.1. The molecule has 0 bridgehead atoms. The van der Waals surface area contributed by atoms with Gasteiger partial charge in [-0.3, -0.25) is 0 Å². The Labute approximate surface area is 133 Å². The van der Waals surface area contributed by atoms with Crippen molar-refractivity contribution in [2.75, 3.05) is 13.1 Å². The summed E-state index contributed by atoms with van der Waals surface area (Å²) in [5, 5.41) is 4.96. The van der Waals surface area contributed by atoms with Gasteiger partial charge in [0, 0.05) is 43.2 Å². The smallest absolute Gasteiger partial charge is 0.317 e. The summed E-state index contributed by atoms with van der Waals surface area (Å²) < 4.78 is 5.72. The zero-order chi connectivity index (χ0) is 15.2. The molecule has 22 heavy (non-hydrogen) atoms. The van der Waals surface area contributed by atoms with E-state index in [1.54, 1.807) is 29.8 Å². The second-order valence-electron chi connectivity index (χ2n) is 5.07. The molecule has 1 N–H and O–H groups in total. The molecular weight excluding hydrogens is 300 g/mol. The molecule has 1 fully saturated rings. The fraction of sp³-hybridized carbons (Fsp3) is 0.400. The zero-order valence-electron chi connectivity index (χ0n) is 12.1. The summed E-state index contributed by atoms with van der Waals surface area (Å²) in [5.74, 6) is 0. The van der Waals surface area contributed by atoms with E-state index in [-0.39, 0.29) is 12.1 Å². The van der Waals surface area contributed by atoms with Gasteiger partial charge >= 0.3 is 12.0 Å². The maximum Gasteiger partial charge on any atom is 0.317 e. The van der Waals surface area contributed by atoms with Gasteiger partial charge in [0.25, 0.3) is 0 Å². The van der Waals surface area contributed by atoms with Crippen molar-refractivity contribution in [3.8, 4) is 6.01 Å². The fourth-order valence-electron chi connectivity index (χ4n) is 2.36. The summed E-state index contributed by atoms with van der Waals surface area (Å²) >= 11 is 1.65. The molecule has 0 spiro atoms. The molecule has 3 rings (SSSR count). The lowest BCUT2D eigenvalue weighted by molar-refractivity contribution is 0.103. The van der Waals surface area contributed by atoms with Gasteiger partial charge < -0.3 is 15.0 Å². The number of carbonyl (C=O) groups excluding carboxylic acids is 1. The first-order chi connectivity index (χ1) is 10.8. The van der Waals surface area contributed by atoms with Gasteiger partial charge in [-0.2, -0.15) is 0 Å². The number of nitrogens with zero attached hydrogens (tertiary/aromatic N) is 3. The molecule has 0 unspecified atom stereocenters. The van der Waals surface area contributed by atoms with Crippen LogP contribution in [0.5, 0.6) is 6.01 Å². The molecule has 6 nitrogen and oxygen atoms in total. The average Bonchev–Trinajstić information content (AvgIpc) is 3.08. The maximum atomic E-state index is 12.1. The second kappa shape index (κ2) is 7.22. The Balaban J connectivity index is 1.42. The third-order valence-electron chi connectivity index (χ3n) is 3.54. The number of nitrogens with one attached hydrogen (secondary N) is 1. The molecule has 1 aliphatic rings. The molecule has 1 aliphatic heterocycles. The number of hydrogen-bond acceptors (Lipinski definition) is 5. The van der Waals surface area contributed by atoms with Crippen molar-refractivity contribution >= 4 is 17.4 Å². The zero-order valence-corrected chi connectivity index (χ0v) is 13.0. The van der Waals surface area contributed by atoms with Crippen LogP contribution in [0.2, 0.25) is 0 Å². The van der Waals surface area contributed by atoms with Gasteiger partial charge in [0.1, 0.15) is 6.10 Å². The Morgan fingerprint density at radius 3 is 2.77 bits per heavy atom. The van der Waals surface area contributed by atoms with Crippen LogP contribution in [0.15, 0.2) is 36.0 Å². The Kier molecular flexibility index (Phi) is 4.85. The molecular formula is C15H18N4O2S. The van der Waals surface area contributed by atoms with Crippen LogP contribution < -0.4 is 10.1 Å². The van der Waals surface area contributed by atoms with Gasteiger partial charge in [-0.15, -0.1) is 11.3 Å². The molecule has 1 saturated heterocycles. The van der Waals surface area contributed by atoms with Crippen molar-refractivity contribution < 1.29 is 9.53 Å². The summed E-state index contributed by atoms with van der Waals surface area (Å²) in [4.78, 5) is 23.2. The number of thiophene rings is 1. The minimum atomic E-state index is -0.0113. The van der Waals surface area contributed by atoms with E-state index in [9.17, 15) is 4.79 Å². The van der Waals surface area contributed by atoms with Crippen LogP contribution in [0.4, 0.5) is 4.79 Å². The largest absolute Gasteiger partial charge is 0.460 e. The number of rotatable bonds is 4. The van der Waals surface area contributed by atoms with Crippen molar-refractivity contribution in [3.05, 3.63) is 40.8 Å². The highest BCUT2D eigenvalue weighted by molar-refractivity contribution is 7.09. The van der Waals surface area contributed by atoms with E-state index in [1.807, 2.05) is 22.4 Å². The lowest BCUT2D eigenvalue weighted by Gasteiger charge is -2.31. The first kappa shape index (κ1) is 14.8. The van der Waals surface area contributed by atoms with Crippen LogP contribution in [0.25, 0.3) is 0 Å². The third kappa shape index (κ3) is 3.94. The van der Waals surface area contributed by atoms with Crippen LogP contribution in [-0.2, 0) is 6.54 Å². The van der Waals surface area contributed by atoms with Gasteiger partial charge in [0.05, 0.1) is 6.54 Å². The van der Waals surface area contributed by atoms with Crippen LogP contribution in [0.1, 0.15) is 17.7 Å². The van der Waals surface area contributed by atoms with E-state index in [0.717, 1.165) is 17.7 Å². The van der Waals surface area contributed by atoms with E-state index in [4.69, 9.17) is 4.74 Å². The van der Waals surface area contributed by atoms with Gasteiger partial charge in [-0.1, -0.05) is 6.07 Å². The molecule has 2 aromatic rings. The Morgan fingerprint density at radius 2 is 2.09 bits per heavy atom. The Hall–Kier alpha value is -2.15. The van der Waals surface area contributed by atoms with Gasteiger partial charge in [-0.05, 0) is 17.5 Å². The molecule has 2 amide bonds. The number of likely N-dealkylation sites (tertiary alicyclic amines) is 1. The summed E-state index contributed by atoms with van der Waals surface area (Å²) in [6, 6.07) is 6.16. The highest BCUT2D eigenvalue weighted by Gasteiger charge is 2.24. The second-order valence-corrected chi connectivity index (χ2v) is 6.11. The van der Waals surface area contributed by atoms with Crippen LogP contribution in [-0.4, -0.2) is 40.1 Å². The van der Waals surface area contributed by atoms with E-state index in [0.29, 0.717) is 25.6 Å². The molecule has 0 aromatic carbocycles. The first-order valence-corrected chi connectivity index (χ1v) is 8.18. The molecule has 0 saturated carbocycles. The molecule has 3 heterocycles. The minimum Gasteiger partial charge on any atom is -0.460 e. The van der Waals surface area contributed by atoms with Crippen LogP contribution >= 0.6 is 11.3 Å². The fourth-order valence-corrected chi connectivity index (χ4v) is 3.00. The topological polar surface area (TPSA) is 67.4 Å². The van der Waals surface area contributed by atoms with Gasteiger partial charge in [-0.25, -0.2) is 14.8 Å². The van der Waals surface area contributed by atoms with Crippen molar-refractivity contribution in [3.63, 3.8) is 0 Å². The van der Waals surface area contributed by atoms with E-state index in [2.05, 4.69) is 15.3 Å². The predicted octanol–water partition coefficient (Wildman–Crippen LogP) is 2.29. The van der Waals surface area contributed by atoms with Crippen molar-refractivity contribution in [1.29, 1.82) is 0 Å². The molecule has 0 atom stereocenters. The quantitative estimate of drug-likeness (QED) is 0.939. The van der Waals surface area contributed by atoms with Crippen LogP contribution in [0.3, 0.4) is 0 Å². The molecule has 0 radical (unpaired) electrons. The van der Waals surface area contributed by atoms with E-state index in [1.165, 1.54) is 0 Å². The maximum absolute atomic E-state index is 12.1. The Bertz CT molecular complexity index is 583. The molecule has 0 aliphatic carbocycles. The number of hydrogen-bond donors (Lipinski definition) is 1. The average molecular weight is 318 g/mol. The van der Waals surface area contributed by atoms with Crippen molar-refractivity contribution in [2.45, 2.75) is 25.5 Å². The van der Waals surface area contributed by atoms with Gasteiger partial charge in [0.15, 0.2) is 0 Å². The number of urea groups is 1. The number of carbonyl (C=O) groups is 1. The first-order valence-electron chi connectivity index (χ1n) is 7.30. The molecule has 7 heteroatoms. The van der Waals surface area contributed by atoms with Crippen molar-refractivity contribution in [1.82, 2.24) is 20.2 Å². The normalized spacial score (nSPS) is 15.5. The SMILES string of the molecule is O=C(NCc1cccs1)N1CCC(Oc2ncccn2)CC1. The lowest BCUT2D eigenvalue weighted by Crippen LogP contribution is -2.46. The highest BCUT2D eigenvalue weighted by Crippen LogP contribution is 2.16. The van der Waals surface area contributed by atoms with Crippen molar-refractivity contribution in [2.24, 2.45) is 0 Å². The van der Waals surface area contributed by atoms with Crippen LogP contribution in [0, 0.1) is 0 Å². The summed E-state index contributed by atoms with van der Waals surface area (Å²) in [6.07, 6.45) is 4.99. The minimum absolute atomic E-state index is 0.0113. The van der Waals surface area contributed by atoms with E-state index < -0.39 is 0 Å². The Morgan fingerprint density at radius 1 is 1.32 bits per heavy atom. The monoisotopic (exact) mass is 318 g/mol. The van der Waals surface area contributed by atoms with E-state index >= 15 is 0 Å². The number of ether oxygens (including phenoxy) is 1. The summed E-state index contributed by atoms with van der Waals surface area (Å²) in [7, 11) is 0. The van der Waals surface area contributed by atoms with Gasteiger partial charge in [0.2, 0.25) is 0 Å². The third-order valence-corrected chi connectivity index (χ3v) is 4.41. The molecule has 116 valence electrons. The number of aromatic nitrogens is 2.